The van der Waals surface area contributed by atoms with Gasteiger partial charge >= 0.3 is 0 Å². The van der Waals surface area contributed by atoms with Crippen LogP contribution in [0.15, 0.2) is 28.0 Å². The van der Waals surface area contributed by atoms with Gasteiger partial charge in [-0.15, -0.1) is 0 Å². The molecule has 0 aliphatic carbocycles. The molecular formula is C10H6Cl2FNO3S. The van der Waals surface area contributed by atoms with E-state index in [0.717, 1.165) is 12.3 Å². The number of pyridine rings is 1. The maximum atomic E-state index is 13.3. The summed E-state index contributed by atoms with van der Waals surface area (Å²) in [5.41, 5.74) is -0.538. The van der Waals surface area contributed by atoms with Gasteiger partial charge in [0, 0.05) is 23.9 Å². The zero-order valence-electron chi connectivity index (χ0n) is 8.95. The fraction of sp³-hybridized carbons (Fsp3) is 0.100. The van der Waals surface area contributed by atoms with Crippen LogP contribution in [0.5, 0.6) is 0 Å². The maximum Gasteiger partial charge on any atom is 0.266 e. The lowest BCUT2D eigenvalue weighted by atomic mass is 10.2. The summed E-state index contributed by atoms with van der Waals surface area (Å²) in [6.45, 7) is 0. The zero-order valence-corrected chi connectivity index (χ0v) is 11.3. The standard InChI is InChI=1S/C10H6Cl2FNO3S/c1-14-4-9(18(12,16)17)10(15)5-2-7(13)6(11)3-8(5)14/h2-4H,1H3. The van der Waals surface area contributed by atoms with Crippen LogP contribution in [0.25, 0.3) is 10.9 Å². The second kappa shape index (κ2) is 4.22. The van der Waals surface area contributed by atoms with Crippen molar-refractivity contribution in [1.82, 2.24) is 4.57 Å². The van der Waals surface area contributed by atoms with Crippen molar-refractivity contribution in [2.75, 3.05) is 0 Å². The van der Waals surface area contributed by atoms with E-state index >= 15 is 0 Å². The number of benzene rings is 1. The molecule has 1 aromatic carbocycles. The Kier molecular flexibility index (Phi) is 3.12. The second-order valence-corrected chi connectivity index (χ2v) is 6.60. The van der Waals surface area contributed by atoms with E-state index in [2.05, 4.69) is 0 Å². The summed E-state index contributed by atoms with van der Waals surface area (Å²) in [6, 6.07) is 2.14. The molecule has 0 saturated heterocycles. The van der Waals surface area contributed by atoms with Crippen molar-refractivity contribution in [3.05, 3.63) is 39.4 Å². The highest BCUT2D eigenvalue weighted by Gasteiger charge is 2.19. The third kappa shape index (κ3) is 2.11. The molecule has 0 aliphatic heterocycles. The molecule has 2 rings (SSSR count). The van der Waals surface area contributed by atoms with Crippen LogP contribution in [0.1, 0.15) is 0 Å². The molecule has 0 saturated carbocycles. The van der Waals surface area contributed by atoms with Crippen LogP contribution in [0.4, 0.5) is 4.39 Å². The molecule has 18 heavy (non-hydrogen) atoms. The van der Waals surface area contributed by atoms with E-state index in [-0.39, 0.29) is 10.4 Å². The highest BCUT2D eigenvalue weighted by atomic mass is 35.7. The van der Waals surface area contributed by atoms with Gasteiger partial charge in [-0.25, -0.2) is 12.8 Å². The minimum atomic E-state index is -4.19. The summed E-state index contributed by atoms with van der Waals surface area (Å²) in [4.78, 5) is 11.3. The smallest absolute Gasteiger partial charge is 0.266 e. The predicted molar refractivity (Wildman–Crippen MR) is 67.2 cm³/mol. The Morgan fingerprint density at radius 2 is 1.94 bits per heavy atom. The van der Waals surface area contributed by atoms with Crippen LogP contribution < -0.4 is 5.43 Å². The first-order valence-corrected chi connectivity index (χ1v) is 7.33. The van der Waals surface area contributed by atoms with Crippen LogP contribution in [-0.2, 0) is 16.1 Å². The maximum absolute atomic E-state index is 13.3. The SMILES string of the molecule is Cn1cc(S(=O)(=O)Cl)c(=O)c2cc(F)c(Cl)cc21. The molecule has 1 heterocycles. The number of aromatic nitrogens is 1. The Labute approximate surface area is 111 Å². The summed E-state index contributed by atoms with van der Waals surface area (Å²) in [7, 11) is 2.46. The Hall–Kier alpha value is -1.11. The van der Waals surface area contributed by atoms with Crippen molar-refractivity contribution in [3.63, 3.8) is 0 Å². The zero-order chi connectivity index (χ0) is 13.7. The van der Waals surface area contributed by atoms with Gasteiger partial charge in [-0.2, -0.15) is 0 Å². The van der Waals surface area contributed by atoms with E-state index in [1.807, 2.05) is 0 Å². The normalized spacial score (nSPS) is 12.0. The minimum Gasteiger partial charge on any atom is -0.349 e. The van der Waals surface area contributed by atoms with E-state index in [0.29, 0.717) is 5.52 Å². The number of rotatable bonds is 1. The summed E-state index contributed by atoms with van der Waals surface area (Å²) in [5.74, 6) is -0.801. The molecule has 0 atom stereocenters. The van der Waals surface area contributed by atoms with Gasteiger partial charge in [0.15, 0.2) is 0 Å². The first-order chi connectivity index (χ1) is 8.21. The molecule has 0 unspecified atom stereocenters. The molecule has 0 fully saturated rings. The molecule has 0 amide bonds. The topological polar surface area (TPSA) is 56.1 Å². The van der Waals surface area contributed by atoms with Crippen molar-refractivity contribution in [2.45, 2.75) is 4.90 Å². The molecule has 0 radical (unpaired) electrons. The minimum absolute atomic E-state index is 0.0962. The Bertz CT molecular complexity index is 814. The van der Waals surface area contributed by atoms with Crippen molar-refractivity contribution >= 4 is 42.2 Å². The van der Waals surface area contributed by atoms with Crippen molar-refractivity contribution in [3.8, 4) is 0 Å². The fourth-order valence-electron chi connectivity index (χ4n) is 1.62. The Morgan fingerprint density at radius 1 is 1.33 bits per heavy atom. The fourth-order valence-corrected chi connectivity index (χ4v) is 2.72. The molecule has 2 aromatic rings. The van der Waals surface area contributed by atoms with E-state index in [4.69, 9.17) is 22.3 Å². The molecule has 96 valence electrons. The lowest BCUT2D eigenvalue weighted by molar-refractivity contribution is 0.607. The molecule has 0 aliphatic rings. The molecule has 0 bridgehead atoms. The lowest BCUT2D eigenvalue weighted by Gasteiger charge is -2.08. The molecular weight excluding hydrogens is 304 g/mol. The van der Waals surface area contributed by atoms with Crippen LogP contribution in [0.3, 0.4) is 0 Å². The largest absolute Gasteiger partial charge is 0.349 e. The number of aryl methyl sites for hydroxylation is 1. The number of fused-ring (bicyclic) bond motifs is 1. The predicted octanol–water partition coefficient (Wildman–Crippen LogP) is 2.26. The van der Waals surface area contributed by atoms with E-state index in [1.165, 1.54) is 17.7 Å². The number of hydrogen-bond acceptors (Lipinski definition) is 3. The average Bonchev–Trinajstić information content (AvgIpc) is 2.24. The van der Waals surface area contributed by atoms with Crippen LogP contribution in [0, 0.1) is 5.82 Å². The molecule has 8 heteroatoms. The molecule has 0 N–H and O–H groups in total. The first-order valence-electron chi connectivity index (χ1n) is 4.65. The van der Waals surface area contributed by atoms with E-state index in [1.54, 1.807) is 0 Å². The van der Waals surface area contributed by atoms with Gasteiger partial charge in [-0.05, 0) is 12.1 Å². The highest BCUT2D eigenvalue weighted by molar-refractivity contribution is 8.13. The molecule has 0 spiro atoms. The van der Waals surface area contributed by atoms with Gasteiger partial charge in [-0.3, -0.25) is 4.79 Å². The second-order valence-electron chi connectivity index (χ2n) is 3.65. The lowest BCUT2D eigenvalue weighted by Crippen LogP contribution is -2.15. The third-order valence-corrected chi connectivity index (χ3v) is 4.07. The Morgan fingerprint density at radius 3 is 2.50 bits per heavy atom. The van der Waals surface area contributed by atoms with Gasteiger partial charge in [0.05, 0.1) is 15.9 Å². The quantitative estimate of drug-likeness (QED) is 0.759. The number of nitrogens with zero attached hydrogens (tertiary/aromatic N) is 1. The van der Waals surface area contributed by atoms with Crippen molar-refractivity contribution < 1.29 is 12.8 Å². The monoisotopic (exact) mass is 309 g/mol. The van der Waals surface area contributed by atoms with Gasteiger partial charge in [0.1, 0.15) is 10.7 Å². The number of halogens is 3. The van der Waals surface area contributed by atoms with Crippen LogP contribution >= 0.6 is 22.3 Å². The van der Waals surface area contributed by atoms with Gasteiger partial charge in [-0.1, -0.05) is 11.6 Å². The summed E-state index contributed by atoms with van der Waals surface area (Å²) < 4.78 is 37.1. The van der Waals surface area contributed by atoms with Crippen molar-refractivity contribution in [1.29, 1.82) is 0 Å². The first kappa shape index (κ1) is 13.3. The van der Waals surface area contributed by atoms with E-state index in [9.17, 15) is 17.6 Å². The van der Waals surface area contributed by atoms with Gasteiger partial charge < -0.3 is 4.57 Å². The molecule has 4 nitrogen and oxygen atoms in total. The Balaban J connectivity index is 3.05. The van der Waals surface area contributed by atoms with Gasteiger partial charge in [0.2, 0.25) is 5.43 Å². The summed E-state index contributed by atoms with van der Waals surface area (Å²) in [6.07, 6.45) is 1.07. The van der Waals surface area contributed by atoms with Crippen molar-refractivity contribution in [2.24, 2.45) is 7.05 Å². The van der Waals surface area contributed by atoms with Gasteiger partial charge in [0.25, 0.3) is 9.05 Å². The summed E-state index contributed by atoms with van der Waals surface area (Å²) in [5, 5.41) is -0.250. The summed E-state index contributed by atoms with van der Waals surface area (Å²) >= 11 is 5.61. The highest BCUT2D eigenvalue weighted by Crippen LogP contribution is 2.22. The number of hydrogen-bond donors (Lipinski definition) is 0. The third-order valence-electron chi connectivity index (χ3n) is 2.46. The van der Waals surface area contributed by atoms with Crippen LogP contribution in [-0.4, -0.2) is 13.0 Å². The van der Waals surface area contributed by atoms with Crippen LogP contribution in [0.2, 0.25) is 5.02 Å². The average molecular weight is 310 g/mol. The molecule has 1 aromatic heterocycles. The van der Waals surface area contributed by atoms with E-state index < -0.39 is 25.2 Å².